The van der Waals surface area contributed by atoms with Crippen molar-refractivity contribution in [3.8, 4) is 0 Å². The Morgan fingerprint density at radius 2 is 2.14 bits per heavy atom. The first-order valence-corrected chi connectivity index (χ1v) is 6.89. The van der Waals surface area contributed by atoms with Crippen LogP contribution in [-0.2, 0) is 9.53 Å². The summed E-state index contributed by atoms with van der Waals surface area (Å²) in [6.07, 6.45) is 0.747. The molecular weight excluding hydrogens is 272 g/mol. The summed E-state index contributed by atoms with van der Waals surface area (Å²) < 4.78 is 4.97. The van der Waals surface area contributed by atoms with E-state index < -0.39 is 11.9 Å². The quantitative estimate of drug-likeness (QED) is 0.840. The number of aliphatic carboxylic acids is 1. The lowest BCUT2D eigenvalue weighted by Gasteiger charge is -2.25. The number of anilines is 1. The molecule has 1 aromatic carbocycles. The third-order valence-corrected chi connectivity index (χ3v) is 3.67. The van der Waals surface area contributed by atoms with Gasteiger partial charge < -0.3 is 14.7 Å². The van der Waals surface area contributed by atoms with Crippen molar-refractivity contribution in [2.75, 3.05) is 38.8 Å². The van der Waals surface area contributed by atoms with Crippen molar-refractivity contribution in [2.45, 2.75) is 12.3 Å². The van der Waals surface area contributed by atoms with Crippen molar-refractivity contribution in [1.82, 2.24) is 4.90 Å². The van der Waals surface area contributed by atoms with Crippen LogP contribution in [0.2, 0.25) is 0 Å². The van der Waals surface area contributed by atoms with Gasteiger partial charge in [0.2, 0.25) is 0 Å². The molecule has 21 heavy (non-hydrogen) atoms. The average Bonchev–Trinajstić information content (AvgIpc) is 2.86. The van der Waals surface area contributed by atoms with E-state index in [1.807, 2.05) is 6.07 Å². The largest absolute Gasteiger partial charge is 0.481 e. The smallest absolute Gasteiger partial charge is 0.324 e. The molecule has 0 bridgehead atoms. The van der Waals surface area contributed by atoms with Crippen LogP contribution in [0, 0.1) is 0 Å². The van der Waals surface area contributed by atoms with Crippen molar-refractivity contribution in [3.63, 3.8) is 0 Å². The summed E-state index contributed by atoms with van der Waals surface area (Å²) in [5, 5.41) is 9.30. The average molecular weight is 292 g/mol. The highest BCUT2D eigenvalue weighted by Crippen LogP contribution is 2.36. The number of fused-ring (bicyclic) bond motifs is 1. The van der Waals surface area contributed by atoms with Crippen LogP contribution in [0.3, 0.4) is 0 Å². The fourth-order valence-corrected chi connectivity index (χ4v) is 2.55. The molecule has 2 amide bonds. The fourth-order valence-electron chi connectivity index (χ4n) is 2.55. The number of carbonyl (C=O) groups excluding carboxylic acids is 1. The Bertz CT molecular complexity index is 532. The number of carbonyl (C=O) groups is 2. The van der Waals surface area contributed by atoms with E-state index in [9.17, 15) is 14.7 Å². The maximum Gasteiger partial charge on any atom is 0.324 e. The van der Waals surface area contributed by atoms with Crippen LogP contribution in [0.25, 0.3) is 0 Å². The van der Waals surface area contributed by atoms with Gasteiger partial charge in [0.1, 0.15) is 5.92 Å². The number of ether oxygens (including phenoxy) is 1. The van der Waals surface area contributed by atoms with Gasteiger partial charge in [-0.3, -0.25) is 9.69 Å². The second kappa shape index (κ2) is 6.58. The van der Waals surface area contributed by atoms with Gasteiger partial charge in [-0.1, -0.05) is 18.2 Å². The van der Waals surface area contributed by atoms with Crippen LogP contribution in [-0.4, -0.2) is 55.9 Å². The van der Waals surface area contributed by atoms with Gasteiger partial charge in [0.25, 0.3) is 0 Å². The highest BCUT2D eigenvalue weighted by Gasteiger charge is 2.37. The summed E-state index contributed by atoms with van der Waals surface area (Å²) >= 11 is 0. The Hall–Kier alpha value is -2.08. The third-order valence-electron chi connectivity index (χ3n) is 3.67. The zero-order chi connectivity index (χ0) is 15.4. The SMILES string of the molecule is COCCCN(C)C(=O)N1CC(C(=O)O)c2ccccc21. The minimum absolute atomic E-state index is 0.178. The standard InChI is InChI=1S/C15H20N2O4/c1-16(8-5-9-21-2)15(20)17-10-12(14(18)19)11-6-3-4-7-13(11)17/h3-4,6-7,12H,5,8-10H2,1-2H3,(H,18,19). The molecule has 114 valence electrons. The van der Waals surface area contributed by atoms with Gasteiger partial charge in [-0.25, -0.2) is 4.79 Å². The molecule has 1 N–H and O–H groups in total. The molecule has 1 aliphatic rings. The predicted octanol–water partition coefficient (Wildman–Crippen LogP) is 1.76. The monoisotopic (exact) mass is 292 g/mol. The van der Waals surface area contributed by atoms with Gasteiger partial charge in [0.05, 0.1) is 0 Å². The highest BCUT2D eigenvalue weighted by molar-refractivity contribution is 5.97. The summed E-state index contributed by atoms with van der Waals surface area (Å²) in [7, 11) is 3.34. The molecule has 6 heteroatoms. The topological polar surface area (TPSA) is 70.1 Å². The number of hydrogen-bond donors (Lipinski definition) is 1. The van der Waals surface area contributed by atoms with Crippen molar-refractivity contribution >= 4 is 17.7 Å². The first kappa shape index (κ1) is 15.3. The molecule has 1 unspecified atom stereocenters. The van der Waals surface area contributed by atoms with E-state index in [2.05, 4.69) is 0 Å². The summed E-state index contributed by atoms with van der Waals surface area (Å²) in [5.41, 5.74) is 1.39. The number of amides is 2. The lowest BCUT2D eigenvalue weighted by atomic mass is 10.0. The number of rotatable bonds is 5. The number of urea groups is 1. The Labute approximate surface area is 123 Å². The molecule has 2 rings (SSSR count). The second-order valence-electron chi connectivity index (χ2n) is 5.11. The summed E-state index contributed by atoms with van der Waals surface area (Å²) in [6.45, 7) is 1.34. The third kappa shape index (κ3) is 3.16. The molecule has 1 aromatic rings. The molecule has 0 saturated heterocycles. The van der Waals surface area contributed by atoms with E-state index in [1.54, 1.807) is 42.2 Å². The lowest BCUT2D eigenvalue weighted by molar-refractivity contribution is -0.138. The van der Waals surface area contributed by atoms with E-state index in [4.69, 9.17) is 4.74 Å². The zero-order valence-electron chi connectivity index (χ0n) is 12.3. The van der Waals surface area contributed by atoms with Crippen LogP contribution >= 0.6 is 0 Å². The van der Waals surface area contributed by atoms with E-state index in [1.165, 1.54) is 0 Å². The predicted molar refractivity (Wildman–Crippen MR) is 78.7 cm³/mol. The Morgan fingerprint density at radius 1 is 1.43 bits per heavy atom. The van der Waals surface area contributed by atoms with Gasteiger partial charge in [-0.15, -0.1) is 0 Å². The minimum Gasteiger partial charge on any atom is -0.481 e. The highest BCUT2D eigenvalue weighted by atomic mass is 16.5. The fraction of sp³-hybridized carbons (Fsp3) is 0.467. The molecule has 0 saturated carbocycles. The van der Waals surface area contributed by atoms with E-state index >= 15 is 0 Å². The number of benzene rings is 1. The normalized spacial score (nSPS) is 16.7. The molecule has 1 atom stereocenters. The Kier molecular flexibility index (Phi) is 4.80. The number of methoxy groups -OCH3 is 1. The van der Waals surface area contributed by atoms with Crippen LogP contribution < -0.4 is 4.90 Å². The zero-order valence-corrected chi connectivity index (χ0v) is 12.3. The molecule has 0 radical (unpaired) electrons. The molecular formula is C15H20N2O4. The molecule has 0 aliphatic carbocycles. The molecule has 1 heterocycles. The maximum absolute atomic E-state index is 12.5. The van der Waals surface area contributed by atoms with Crippen molar-refractivity contribution in [3.05, 3.63) is 29.8 Å². The second-order valence-corrected chi connectivity index (χ2v) is 5.11. The van der Waals surface area contributed by atoms with Crippen molar-refractivity contribution in [1.29, 1.82) is 0 Å². The van der Waals surface area contributed by atoms with Crippen molar-refractivity contribution < 1.29 is 19.4 Å². The maximum atomic E-state index is 12.5. The van der Waals surface area contributed by atoms with E-state index in [-0.39, 0.29) is 12.6 Å². The van der Waals surface area contributed by atoms with E-state index in [0.29, 0.717) is 24.4 Å². The summed E-state index contributed by atoms with van der Waals surface area (Å²) in [4.78, 5) is 27.0. The van der Waals surface area contributed by atoms with Crippen LogP contribution in [0.5, 0.6) is 0 Å². The van der Waals surface area contributed by atoms with Gasteiger partial charge in [-0.05, 0) is 18.1 Å². The first-order valence-electron chi connectivity index (χ1n) is 6.89. The number of nitrogens with zero attached hydrogens (tertiary/aromatic N) is 2. The van der Waals surface area contributed by atoms with Crippen molar-refractivity contribution in [2.24, 2.45) is 0 Å². The lowest BCUT2D eigenvalue weighted by Crippen LogP contribution is -2.41. The Morgan fingerprint density at radius 3 is 2.81 bits per heavy atom. The van der Waals surface area contributed by atoms with Gasteiger partial charge >= 0.3 is 12.0 Å². The summed E-state index contributed by atoms with van der Waals surface area (Å²) in [5.74, 6) is -1.56. The Balaban J connectivity index is 2.14. The van der Waals surface area contributed by atoms with Crippen LogP contribution in [0.1, 0.15) is 17.9 Å². The molecule has 6 nitrogen and oxygen atoms in total. The minimum atomic E-state index is -0.903. The van der Waals surface area contributed by atoms with Gasteiger partial charge in [0.15, 0.2) is 0 Å². The summed E-state index contributed by atoms with van der Waals surface area (Å²) in [6, 6.07) is 6.99. The van der Waals surface area contributed by atoms with E-state index in [0.717, 1.165) is 6.42 Å². The number of hydrogen-bond acceptors (Lipinski definition) is 3. The van der Waals surface area contributed by atoms with Gasteiger partial charge in [0, 0.05) is 39.5 Å². The number of para-hydroxylation sites is 1. The molecule has 0 fully saturated rings. The molecule has 0 spiro atoms. The number of carboxylic acid groups (broad SMARTS) is 1. The van der Waals surface area contributed by atoms with Crippen LogP contribution in [0.15, 0.2) is 24.3 Å². The molecule has 0 aromatic heterocycles. The molecule has 1 aliphatic heterocycles. The first-order chi connectivity index (χ1) is 10.1. The van der Waals surface area contributed by atoms with Crippen LogP contribution in [0.4, 0.5) is 10.5 Å². The van der Waals surface area contributed by atoms with Gasteiger partial charge in [-0.2, -0.15) is 0 Å². The number of carboxylic acids is 1.